The predicted octanol–water partition coefficient (Wildman–Crippen LogP) is 3.78. The predicted molar refractivity (Wildman–Crippen MR) is 140 cm³/mol. The van der Waals surface area contributed by atoms with Crippen LogP contribution in [0, 0.1) is 0 Å². The number of benzene rings is 2. The Morgan fingerprint density at radius 3 is 2.50 bits per heavy atom. The average molecular weight is 486 g/mol. The van der Waals surface area contributed by atoms with Crippen molar-refractivity contribution in [1.82, 2.24) is 19.9 Å². The number of hydrogen-bond acceptors (Lipinski definition) is 5. The van der Waals surface area contributed by atoms with Crippen molar-refractivity contribution in [3.05, 3.63) is 84.3 Å². The van der Waals surface area contributed by atoms with E-state index in [-0.39, 0.29) is 18.2 Å². The van der Waals surface area contributed by atoms with Gasteiger partial charge in [0, 0.05) is 38.9 Å². The Morgan fingerprint density at radius 2 is 1.81 bits per heavy atom. The van der Waals surface area contributed by atoms with Crippen molar-refractivity contribution in [3.8, 4) is 5.88 Å². The Bertz CT molecular complexity index is 1320. The van der Waals surface area contributed by atoms with E-state index in [1.54, 1.807) is 32.5 Å². The molecule has 186 valence electrons. The summed E-state index contributed by atoms with van der Waals surface area (Å²) in [5.74, 6) is 0.992. The third kappa shape index (κ3) is 5.71. The molecule has 8 nitrogen and oxygen atoms in total. The molecule has 2 aromatic heterocycles. The highest BCUT2D eigenvalue weighted by molar-refractivity contribution is 5.98. The molecule has 0 saturated carbocycles. The minimum absolute atomic E-state index is 0.189. The number of aromatic nitrogens is 3. The zero-order chi connectivity index (χ0) is 25.5. The van der Waals surface area contributed by atoms with Crippen molar-refractivity contribution < 1.29 is 14.3 Å². The number of anilines is 1. The molecule has 2 heterocycles. The number of ether oxygens (including phenoxy) is 1. The number of hydrogen-bond donors (Lipinski definition) is 1. The maximum atomic E-state index is 13.5. The monoisotopic (exact) mass is 485 g/mol. The van der Waals surface area contributed by atoms with E-state index in [1.165, 1.54) is 4.90 Å². The van der Waals surface area contributed by atoms with Crippen LogP contribution in [0.3, 0.4) is 0 Å². The van der Waals surface area contributed by atoms with Gasteiger partial charge < -0.3 is 19.5 Å². The molecule has 4 aromatic rings. The van der Waals surface area contributed by atoms with Crippen molar-refractivity contribution in [2.24, 2.45) is 0 Å². The van der Waals surface area contributed by atoms with Gasteiger partial charge in [-0.2, -0.15) is 0 Å². The van der Waals surface area contributed by atoms with Crippen LogP contribution in [-0.2, 0) is 29.0 Å². The highest BCUT2D eigenvalue weighted by Gasteiger charge is 2.25. The molecule has 0 aliphatic carbocycles. The van der Waals surface area contributed by atoms with Crippen molar-refractivity contribution in [1.29, 1.82) is 0 Å². The second kappa shape index (κ2) is 11.5. The first kappa shape index (κ1) is 24.9. The second-order valence-electron chi connectivity index (χ2n) is 8.54. The van der Waals surface area contributed by atoms with Gasteiger partial charge in [-0.1, -0.05) is 49.4 Å². The van der Waals surface area contributed by atoms with Gasteiger partial charge in [0.15, 0.2) is 0 Å². The van der Waals surface area contributed by atoms with E-state index >= 15 is 0 Å². The van der Waals surface area contributed by atoms with Crippen molar-refractivity contribution in [2.45, 2.75) is 38.8 Å². The van der Waals surface area contributed by atoms with Gasteiger partial charge in [-0.3, -0.25) is 9.59 Å². The van der Waals surface area contributed by atoms with E-state index < -0.39 is 6.04 Å². The molecule has 0 aliphatic heterocycles. The molecule has 2 aromatic carbocycles. The standard InChI is InChI=1S/C28H31N5O3/c1-4-25-30-22-12-8-9-13-24(22)33(25)17-16-26(34)31-23(18-20-10-6-5-7-11-20)28(35)32(2)21-14-15-27(36-3)29-19-21/h5-15,19,23H,4,16-18H2,1-3H3,(H,31,34). The van der Waals surface area contributed by atoms with Crippen LogP contribution in [0.2, 0.25) is 0 Å². The quantitative estimate of drug-likeness (QED) is 0.369. The Labute approximate surface area is 210 Å². The zero-order valence-corrected chi connectivity index (χ0v) is 20.8. The SMILES string of the molecule is CCc1nc2ccccc2n1CCC(=O)NC(Cc1ccccc1)C(=O)N(C)c1ccc(OC)nc1. The Hall–Kier alpha value is -4.20. The number of fused-ring (bicyclic) bond motifs is 1. The third-order valence-corrected chi connectivity index (χ3v) is 6.18. The summed E-state index contributed by atoms with van der Waals surface area (Å²) in [6.45, 7) is 2.54. The fourth-order valence-electron chi connectivity index (χ4n) is 4.23. The largest absolute Gasteiger partial charge is 0.481 e. The summed E-state index contributed by atoms with van der Waals surface area (Å²) < 4.78 is 7.19. The number of pyridine rings is 1. The van der Waals surface area contributed by atoms with Crippen LogP contribution in [0.1, 0.15) is 24.7 Å². The van der Waals surface area contributed by atoms with Crippen molar-refractivity contribution in [3.63, 3.8) is 0 Å². The van der Waals surface area contributed by atoms with Gasteiger partial charge in [0.25, 0.3) is 0 Å². The molecular formula is C28H31N5O3. The van der Waals surface area contributed by atoms with E-state index in [9.17, 15) is 9.59 Å². The van der Waals surface area contributed by atoms with Gasteiger partial charge in [0.1, 0.15) is 11.9 Å². The lowest BCUT2D eigenvalue weighted by Crippen LogP contribution is -2.49. The third-order valence-electron chi connectivity index (χ3n) is 6.18. The minimum atomic E-state index is -0.725. The zero-order valence-electron chi connectivity index (χ0n) is 20.8. The van der Waals surface area contributed by atoms with Crippen LogP contribution in [0.5, 0.6) is 5.88 Å². The van der Waals surface area contributed by atoms with Gasteiger partial charge in [-0.15, -0.1) is 0 Å². The van der Waals surface area contributed by atoms with Gasteiger partial charge in [0.2, 0.25) is 17.7 Å². The van der Waals surface area contributed by atoms with Crippen LogP contribution in [-0.4, -0.2) is 46.5 Å². The first-order valence-corrected chi connectivity index (χ1v) is 12.0. The highest BCUT2D eigenvalue weighted by atomic mass is 16.5. The molecule has 0 saturated heterocycles. The molecule has 0 fully saturated rings. The number of rotatable bonds is 10. The summed E-state index contributed by atoms with van der Waals surface area (Å²) >= 11 is 0. The normalized spacial score (nSPS) is 11.8. The average Bonchev–Trinajstić information content (AvgIpc) is 3.29. The number of nitrogens with zero attached hydrogens (tertiary/aromatic N) is 4. The number of methoxy groups -OCH3 is 1. The molecular weight excluding hydrogens is 454 g/mol. The topological polar surface area (TPSA) is 89.4 Å². The molecule has 4 rings (SSSR count). The molecule has 1 N–H and O–H groups in total. The summed E-state index contributed by atoms with van der Waals surface area (Å²) in [6.07, 6.45) is 2.97. The Kier molecular flexibility index (Phi) is 7.95. The molecule has 0 bridgehead atoms. The van der Waals surface area contributed by atoms with E-state index in [1.807, 2.05) is 54.6 Å². The van der Waals surface area contributed by atoms with Crippen LogP contribution < -0.4 is 15.0 Å². The first-order chi connectivity index (χ1) is 17.5. The lowest BCUT2D eigenvalue weighted by Gasteiger charge is -2.25. The summed E-state index contributed by atoms with van der Waals surface area (Å²) in [6, 6.07) is 20.3. The molecule has 0 spiro atoms. The summed E-state index contributed by atoms with van der Waals surface area (Å²) in [4.78, 5) is 36.9. The fraction of sp³-hybridized carbons (Fsp3) is 0.286. The highest BCUT2D eigenvalue weighted by Crippen LogP contribution is 2.18. The van der Waals surface area contributed by atoms with Crippen molar-refractivity contribution >= 4 is 28.5 Å². The molecule has 0 aliphatic rings. The molecule has 8 heteroatoms. The number of carbonyl (C=O) groups excluding carboxylic acids is 2. The minimum Gasteiger partial charge on any atom is -0.481 e. The van der Waals surface area contributed by atoms with E-state index in [2.05, 4.69) is 26.8 Å². The second-order valence-corrected chi connectivity index (χ2v) is 8.54. The molecule has 1 atom stereocenters. The van der Waals surface area contributed by atoms with Crippen LogP contribution in [0.25, 0.3) is 11.0 Å². The van der Waals surface area contributed by atoms with E-state index in [0.717, 1.165) is 28.8 Å². The van der Waals surface area contributed by atoms with Gasteiger partial charge in [0.05, 0.1) is 30.0 Å². The smallest absolute Gasteiger partial charge is 0.249 e. The summed E-state index contributed by atoms with van der Waals surface area (Å²) in [7, 11) is 3.22. The van der Waals surface area contributed by atoms with Crippen molar-refractivity contribution in [2.75, 3.05) is 19.1 Å². The number of likely N-dealkylation sites (N-methyl/N-ethyl adjacent to an activating group) is 1. The number of carbonyl (C=O) groups is 2. The van der Waals surface area contributed by atoms with Gasteiger partial charge >= 0.3 is 0 Å². The maximum Gasteiger partial charge on any atom is 0.249 e. The van der Waals surface area contributed by atoms with Crippen LogP contribution in [0.15, 0.2) is 72.9 Å². The maximum absolute atomic E-state index is 13.5. The number of amides is 2. The first-order valence-electron chi connectivity index (χ1n) is 12.0. The summed E-state index contributed by atoms with van der Waals surface area (Å²) in [5, 5.41) is 2.98. The number of para-hydroxylation sites is 2. The Morgan fingerprint density at radius 1 is 1.06 bits per heavy atom. The lowest BCUT2D eigenvalue weighted by molar-refractivity contribution is -0.127. The van der Waals surface area contributed by atoms with E-state index in [0.29, 0.717) is 24.5 Å². The van der Waals surface area contributed by atoms with E-state index in [4.69, 9.17) is 4.74 Å². The fourth-order valence-corrected chi connectivity index (χ4v) is 4.23. The van der Waals surface area contributed by atoms with Gasteiger partial charge in [-0.25, -0.2) is 9.97 Å². The number of aryl methyl sites for hydroxylation is 2. The van der Waals surface area contributed by atoms with Crippen LogP contribution in [0.4, 0.5) is 5.69 Å². The molecule has 36 heavy (non-hydrogen) atoms. The summed E-state index contributed by atoms with van der Waals surface area (Å²) in [5.41, 5.74) is 3.50. The van der Waals surface area contributed by atoms with Gasteiger partial charge in [-0.05, 0) is 23.8 Å². The Balaban J connectivity index is 1.49. The van der Waals surface area contributed by atoms with Crippen LogP contribution >= 0.6 is 0 Å². The number of imidazole rings is 1. The lowest BCUT2D eigenvalue weighted by atomic mass is 10.0. The molecule has 2 amide bonds. The number of nitrogens with one attached hydrogen (secondary N) is 1. The molecule has 0 radical (unpaired) electrons. The molecule has 1 unspecified atom stereocenters.